The molecular formula is C16H24F3N3O. The Hall–Kier alpha value is -1.92. The van der Waals surface area contributed by atoms with Crippen molar-refractivity contribution in [2.24, 2.45) is 4.99 Å². The average molecular weight is 331 g/mol. The van der Waals surface area contributed by atoms with Crippen molar-refractivity contribution in [3.63, 3.8) is 0 Å². The maximum atomic E-state index is 12.1. The van der Waals surface area contributed by atoms with Crippen LogP contribution in [0.3, 0.4) is 0 Å². The molecule has 0 radical (unpaired) electrons. The van der Waals surface area contributed by atoms with E-state index in [-0.39, 0.29) is 6.42 Å². The van der Waals surface area contributed by atoms with E-state index in [0.29, 0.717) is 32.0 Å². The first-order valence-corrected chi connectivity index (χ1v) is 7.67. The van der Waals surface area contributed by atoms with Gasteiger partial charge in [-0.15, -0.1) is 0 Å². The number of hydrogen-bond donors (Lipinski definition) is 2. The monoisotopic (exact) mass is 331 g/mol. The van der Waals surface area contributed by atoms with Gasteiger partial charge in [0.2, 0.25) is 0 Å². The highest BCUT2D eigenvalue weighted by Crippen LogP contribution is 2.21. The summed E-state index contributed by atoms with van der Waals surface area (Å²) in [5.74, 6) is 1.35. The van der Waals surface area contributed by atoms with Crippen molar-refractivity contribution in [2.45, 2.75) is 38.9 Å². The lowest BCUT2D eigenvalue weighted by molar-refractivity contribution is -0.135. The number of nitrogens with zero attached hydrogens (tertiary/aromatic N) is 1. The number of rotatable bonds is 8. The highest BCUT2D eigenvalue weighted by Gasteiger charge is 2.25. The lowest BCUT2D eigenvalue weighted by atomic mass is 10.2. The summed E-state index contributed by atoms with van der Waals surface area (Å²) < 4.78 is 41.5. The van der Waals surface area contributed by atoms with E-state index in [1.165, 1.54) is 0 Å². The first kappa shape index (κ1) is 19.1. The summed E-state index contributed by atoms with van der Waals surface area (Å²) in [5, 5.41) is 6.12. The largest absolute Gasteiger partial charge is 0.496 e. The molecule has 0 bridgehead atoms. The second-order valence-corrected chi connectivity index (χ2v) is 5.01. The van der Waals surface area contributed by atoms with Gasteiger partial charge in [0.05, 0.1) is 13.7 Å². The Labute approximate surface area is 135 Å². The summed E-state index contributed by atoms with van der Waals surface area (Å²) in [4.78, 5) is 4.43. The first-order valence-electron chi connectivity index (χ1n) is 7.67. The van der Waals surface area contributed by atoms with Gasteiger partial charge in [-0.3, -0.25) is 0 Å². The summed E-state index contributed by atoms with van der Waals surface area (Å²) in [5.41, 5.74) is 0.948. The number of nitrogens with one attached hydrogen (secondary N) is 2. The zero-order chi connectivity index (χ0) is 17.1. The lowest BCUT2D eigenvalue weighted by Gasteiger charge is -2.12. The minimum atomic E-state index is -4.08. The molecule has 0 atom stereocenters. The third-order valence-corrected chi connectivity index (χ3v) is 3.12. The van der Waals surface area contributed by atoms with Crippen LogP contribution in [0.25, 0.3) is 0 Å². The maximum Gasteiger partial charge on any atom is 0.389 e. The van der Waals surface area contributed by atoms with E-state index < -0.39 is 12.6 Å². The van der Waals surface area contributed by atoms with Crippen LogP contribution in [0.1, 0.15) is 31.7 Å². The third kappa shape index (κ3) is 8.32. The van der Waals surface area contributed by atoms with E-state index in [2.05, 4.69) is 15.6 Å². The van der Waals surface area contributed by atoms with Crippen molar-refractivity contribution in [2.75, 3.05) is 20.2 Å². The lowest BCUT2D eigenvalue weighted by Crippen LogP contribution is -2.37. The molecule has 0 spiro atoms. The molecule has 0 aliphatic rings. The summed E-state index contributed by atoms with van der Waals surface area (Å²) in [6.45, 7) is 3.50. The molecule has 0 saturated carbocycles. The van der Waals surface area contributed by atoms with Crippen molar-refractivity contribution < 1.29 is 17.9 Å². The summed E-state index contributed by atoms with van der Waals surface area (Å²) >= 11 is 0. The second-order valence-electron chi connectivity index (χ2n) is 5.01. The van der Waals surface area contributed by atoms with E-state index in [4.69, 9.17) is 4.74 Å². The van der Waals surface area contributed by atoms with Crippen LogP contribution in [0.5, 0.6) is 5.75 Å². The highest BCUT2D eigenvalue weighted by atomic mass is 19.4. The van der Waals surface area contributed by atoms with Crippen molar-refractivity contribution in [3.05, 3.63) is 29.8 Å². The Morgan fingerprint density at radius 3 is 2.57 bits per heavy atom. The number of benzene rings is 1. The van der Waals surface area contributed by atoms with Gasteiger partial charge < -0.3 is 15.4 Å². The van der Waals surface area contributed by atoms with Crippen LogP contribution in [0, 0.1) is 0 Å². The van der Waals surface area contributed by atoms with Crippen LogP contribution in [0.4, 0.5) is 13.2 Å². The van der Waals surface area contributed by atoms with E-state index in [0.717, 1.165) is 11.3 Å². The van der Waals surface area contributed by atoms with Gasteiger partial charge in [0.25, 0.3) is 0 Å². The third-order valence-electron chi connectivity index (χ3n) is 3.12. The summed E-state index contributed by atoms with van der Waals surface area (Å²) in [6, 6.07) is 7.58. The zero-order valence-electron chi connectivity index (χ0n) is 13.5. The molecule has 0 saturated heterocycles. The van der Waals surface area contributed by atoms with Crippen LogP contribution < -0.4 is 15.4 Å². The number of para-hydroxylation sites is 1. The minimum Gasteiger partial charge on any atom is -0.496 e. The number of unbranched alkanes of at least 4 members (excludes halogenated alkanes) is 1. The fraction of sp³-hybridized carbons (Fsp3) is 0.562. The average Bonchev–Trinajstić information content (AvgIpc) is 2.51. The Morgan fingerprint density at radius 2 is 1.91 bits per heavy atom. The molecule has 0 unspecified atom stereocenters. The van der Waals surface area contributed by atoms with Gasteiger partial charge >= 0.3 is 6.18 Å². The maximum absolute atomic E-state index is 12.1. The van der Waals surface area contributed by atoms with Gasteiger partial charge in [-0.1, -0.05) is 18.2 Å². The number of methoxy groups -OCH3 is 1. The molecule has 0 aliphatic carbocycles. The van der Waals surface area contributed by atoms with Crippen LogP contribution in [0.15, 0.2) is 29.3 Å². The van der Waals surface area contributed by atoms with Gasteiger partial charge in [0.15, 0.2) is 5.96 Å². The van der Waals surface area contributed by atoms with Crippen molar-refractivity contribution in [1.29, 1.82) is 0 Å². The molecule has 0 aromatic heterocycles. The SMILES string of the molecule is CCNC(=NCc1ccccc1OC)NCCCCC(F)(F)F. The molecule has 23 heavy (non-hydrogen) atoms. The Kier molecular flexibility index (Phi) is 8.29. The molecule has 0 aliphatic heterocycles. The number of halogens is 3. The minimum absolute atomic E-state index is 0.114. The standard InChI is InChI=1S/C16H24F3N3O/c1-3-20-15(21-11-7-6-10-16(17,18)19)22-12-13-8-4-5-9-14(13)23-2/h4-5,8-9H,3,6-7,10-12H2,1-2H3,(H2,20,21,22). The topological polar surface area (TPSA) is 45.7 Å². The van der Waals surface area contributed by atoms with E-state index in [9.17, 15) is 13.2 Å². The number of aliphatic imine (C=N–C) groups is 1. The van der Waals surface area contributed by atoms with E-state index >= 15 is 0 Å². The predicted octanol–water partition coefficient (Wildman–Crippen LogP) is 3.48. The molecule has 0 fully saturated rings. The Bertz CT molecular complexity index is 490. The van der Waals surface area contributed by atoms with Gasteiger partial charge in [-0.25, -0.2) is 4.99 Å². The van der Waals surface area contributed by atoms with Crippen molar-refractivity contribution in [1.82, 2.24) is 10.6 Å². The number of guanidine groups is 1. The first-order chi connectivity index (χ1) is 11.0. The van der Waals surface area contributed by atoms with Gasteiger partial charge in [0.1, 0.15) is 5.75 Å². The molecule has 1 rings (SSSR count). The van der Waals surface area contributed by atoms with Crippen LogP contribution >= 0.6 is 0 Å². The summed E-state index contributed by atoms with van der Waals surface area (Å²) in [7, 11) is 1.60. The Morgan fingerprint density at radius 1 is 1.17 bits per heavy atom. The van der Waals surface area contributed by atoms with Gasteiger partial charge in [0, 0.05) is 25.1 Å². The molecule has 130 valence electrons. The van der Waals surface area contributed by atoms with Gasteiger partial charge in [-0.2, -0.15) is 13.2 Å². The molecule has 0 heterocycles. The smallest absolute Gasteiger partial charge is 0.389 e. The number of hydrogen-bond acceptors (Lipinski definition) is 2. The highest BCUT2D eigenvalue weighted by molar-refractivity contribution is 5.79. The van der Waals surface area contributed by atoms with Crippen LogP contribution in [-0.4, -0.2) is 32.3 Å². The molecule has 1 aromatic rings. The number of alkyl halides is 3. The van der Waals surface area contributed by atoms with Crippen molar-refractivity contribution >= 4 is 5.96 Å². The fourth-order valence-corrected chi connectivity index (χ4v) is 2.00. The molecular weight excluding hydrogens is 307 g/mol. The summed E-state index contributed by atoms with van der Waals surface area (Å²) in [6.07, 6.45) is -4.27. The number of ether oxygens (including phenoxy) is 1. The second kappa shape index (κ2) is 9.97. The normalized spacial score (nSPS) is 12.1. The van der Waals surface area contributed by atoms with Crippen LogP contribution in [-0.2, 0) is 6.54 Å². The molecule has 1 aromatic carbocycles. The molecule has 2 N–H and O–H groups in total. The predicted molar refractivity (Wildman–Crippen MR) is 85.7 cm³/mol. The van der Waals surface area contributed by atoms with E-state index in [1.54, 1.807) is 7.11 Å². The Balaban J connectivity index is 2.47. The molecule has 4 nitrogen and oxygen atoms in total. The van der Waals surface area contributed by atoms with Gasteiger partial charge in [-0.05, 0) is 25.8 Å². The molecule has 7 heteroatoms. The van der Waals surface area contributed by atoms with E-state index in [1.807, 2.05) is 31.2 Å². The van der Waals surface area contributed by atoms with Crippen LogP contribution in [0.2, 0.25) is 0 Å². The zero-order valence-corrected chi connectivity index (χ0v) is 13.5. The quantitative estimate of drug-likeness (QED) is 0.435. The van der Waals surface area contributed by atoms with Crippen molar-refractivity contribution in [3.8, 4) is 5.75 Å². The fourth-order valence-electron chi connectivity index (χ4n) is 2.00. The molecule has 0 amide bonds.